The predicted octanol–water partition coefficient (Wildman–Crippen LogP) is 2.11. The van der Waals surface area contributed by atoms with Crippen molar-refractivity contribution in [3.05, 3.63) is 40.6 Å². The molecule has 0 bridgehead atoms. The van der Waals surface area contributed by atoms with Crippen LogP contribution in [-0.2, 0) is 19.1 Å². The van der Waals surface area contributed by atoms with E-state index >= 15 is 0 Å². The fourth-order valence-corrected chi connectivity index (χ4v) is 2.74. The van der Waals surface area contributed by atoms with Crippen molar-refractivity contribution >= 4 is 18.0 Å². The third-order valence-electron chi connectivity index (χ3n) is 4.01. The Hall–Kier alpha value is -2.80. The predicted molar refractivity (Wildman–Crippen MR) is 95.6 cm³/mol. The van der Waals surface area contributed by atoms with Crippen LogP contribution in [0.15, 0.2) is 35.0 Å². The first kappa shape index (κ1) is 19.5. The molecule has 7 heteroatoms. The number of methoxy groups -OCH3 is 2. The number of aromatic hydroxyl groups is 1. The fourth-order valence-electron chi connectivity index (χ4n) is 2.74. The maximum atomic E-state index is 12.8. The lowest BCUT2D eigenvalue weighted by Crippen LogP contribution is -2.28. The molecule has 140 valence electrons. The summed E-state index contributed by atoms with van der Waals surface area (Å²) < 4.78 is 15.2. The summed E-state index contributed by atoms with van der Waals surface area (Å²) in [6.07, 6.45) is 1.59. The van der Waals surface area contributed by atoms with Gasteiger partial charge in [-0.3, -0.25) is 4.79 Å². The van der Waals surface area contributed by atoms with Crippen molar-refractivity contribution in [3.8, 4) is 11.5 Å². The van der Waals surface area contributed by atoms with Crippen LogP contribution in [0.5, 0.6) is 11.5 Å². The molecule has 1 aliphatic heterocycles. The minimum Gasteiger partial charge on any atom is -0.504 e. The van der Waals surface area contributed by atoms with E-state index in [1.807, 2.05) is 0 Å². The van der Waals surface area contributed by atoms with Gasteiger partial charge in [-0.2, -0.15) is 0 Å². The van der Waals surface area contributed by atoms with Gasteiger partial charge in [0.15, 0.2) is 11.5 Å². The first-order chi connectivity index (χ1) is 12.4. The first-order valence-electron chi connectivity index (χ1n) is 8.22. The average Bonchev–Trinajstić information content (AvgIpc) is 2.86. The first-order valence-corrected chi connectivity index (χ1v) is 8.22. The van der Waals surface area contributed by atoms with E-state index in [9.17, 15) is 14.7 Å². The van der Waals surface area contributed by atoms with Gasteiger partial charge in [-0.05, 0) is 37.6 Å². The Morgan fingerprint density at radius 3 is 2.65 bits per heavy atom. The maximum absolute atomic E-state index is 12.8. The van der Waals surface area contributed by atoms with Gasteiger partial charge in [-0.15, -0.1) is 0 Å². The van der Waals surface area contributed by atoms with Crippen LogP contribution >= 0.6 is 0 Å². The summed E-state index contributed by atoms with van der Waals surface area (Å²) in [4.78, 5) is 26.5. The molecule has 1 amide bonds. The average molecular weight is 361 g/mol. The smallest absolute Gasteiger partial charge is 0.340 e. The number of nitrogens with zero attached hydrogens (tertiary/aromatic N) is 1. The van der Waals surface area contributed by atoms with Crippen molar-refractivity contribution in [3.63, 3.8) is 0 Å². The Labute approximate surface area is 152 Å². The molecule has 1 aromatic rings. The number of benzene rings is 1. The van der Waals surface area contributed by atoms with Gasteiger partial charge in [0.1, 0.15) is 0 Å². The molecule has 0 aromatic heterocycles. The summed E-state index contributed by atoms with van der Waals surface area (Å²) in [5.41, 5.74) is 1.60. The molecule has 0 saturated carbocycles. The number of rotatable bonds is 7. The van der Waals surface area contributed by atoms with Crippen molar-refractivity contribution in [1.29, 1.82) is 0 Å². The highest BCUT2D eigenvalue weighted by Crippen LogP contribution is 2.33. The molecule has 0 aliphatic carbocycles. The van der Waals surface area contributed by atoms with Crippen molar-refractivity contribution in [1.82, 2.24) is 4.90 Å². The Kier molecular flexibility index (Phi) is 6.41. The van der Waals surface area contributed by atoms with Crippen LogP contribution in [0.25, 0.3) is 6.08 Å². The van der Waals surface area contributed by atoms with E-state index in [1.165, 1.54) is 18.1 Å². The second-order valence-electron chi connectivity index (χ2n) is 5.62. The summed E-state index contributed by atoms with van der Waals surface area (Å²) in [5, 5.41) is 9.82. The number of phenols is 1. The highest BCUT2D eigenvalue weighted by molar-refractivity contribution is 6.16. The van der Waals surface area contributed by atoms with Crippen LogP contribution in [0.4, 0.5) is 0 Å². The lowest BCUT2D eigenvalue weighted by molar-refractivity contribution is -0.136. The molecular weight excluding hydrogens is 338 g/mol. The van der Waals surface area contributed by atoms with Gasteiger partial charge >= 0.3 is 5.97 Å². The van der Waals surface area contributed by atoms with Crippen LogP contribution in [-0.4, -0.2) is 55.9 Å². The van der Waals surface area contributed by atoms with E-state index in [-0.39, 0.29) is 22.8 Å². The molecule has 0 saturated heterocycles. The second kappa shape index (κ2) is 8.53. The highest BCUT2D eigenvalue weighted by atomic mass is 16.5. The van der Waals surface area contributed by atoms with Gasteiger partial charge in [0, 0.05) is 19.4 Å². The minimum absolute atomic E-state index is 0.00776. The van der Waals surface area contributed by atoms with Gasteiger partial charge in [0.2, 0.25) is 0 Å². The number of hydrogen-bond donors (Lipinski definition) is 1. The maximum Gasteiger partial charge on any atom is 0.340 e. The Balaban J connectivity index is 2.48. The third-order valence-corrected chi connectivity index (χ3v) is 4.01. The molecule has 7 nitrogen and oxygen atoms in total. The third kappa shape index (κ3) is 3.88. The lowest BCUT2D eigenvalue weighted by Gasteiger charge is -2.16. The van der Waals surface area contributed by atoms with Crippen molar-refractivity contribution in [2.75, 3.05) is 34.0 Å². The zero-order chi connectivity index (χ0) is 19.3. The Morgan fingerprint density at radius 1 is 1.31 bits per heavy atom. The quantitative estimate of drug-likeness (QED) is 0.591. The molecule has 26 heavy (non-hydrogen) atoms. The molecule has 0 unspecified atom stereocenters. The number of carbonyl (C=O) groups is 2. The van der Waals surface area contributed by atoms with Crippen LogP contribution in [0.2, 0.25) is 0 Å². The molecule has 0 spiro atoms. The number of amides is 1. The summed E-state index contributed by atoms with van der Waals surface area (Å²) in [7, 11) is 2.82. The van der Waals surface area contributed by atoms with Gasteiger partial charge in [-0.1, -0.05) is 6.07 Å². The number of ether oxygens (including phenoxy) is 3. The fraction of sp³-hybridized carbons (Fsp3) is 0.368. The molecule has 0 atom stereocenters. The second-order valence-corrected chi connectivity index (χ2v) is 5.62. The van der Waals surface area contributed by atoms with Crippen LogP contribution in [0.1, 0.15) is 19.4 Å². The number of esters is 1. The summed E-state index contributed by atoms with van der Waals surface area (Å²) in [6.45, 7) is 4.57. The molecule has 2 rings (SSSR count). The monoisotopic (exact) mass is 361 g/mol. The topological polar surface area (TPSA) is 85.3 Å². The lowest BCUT2D eigenvalue weighted by atomic mass is 10.0. The normalized spacial score (nSPS) is 15.8. The molecule has 1 heterocycles. The molecule has 0 radical (unpaired) electrons. The van der Waals surface area contributed by atoms with Gasteiger partial charge in [-0.25, -0.2) is 4.79 Å². The zero-order valence-electron chi connectivity index (χ0n) is 15.4. The number of hydrogen-bond acceptors (Lipinski definition) is 6. The Bertz CT molecular complexity index is 765. The molecule has 1 aromatic carbocycles. The van der Waals surface area contributed by atoms with Gasteiger partial charge in [0.25, 0.3) is 5.91 Å². The van der Waals surface area contributed by atoms with E-state index in [0.717, 1.165) is 0 Å². The van der Waals surface area contributed by atoms with Crippen molar-refractivity contribution in [2.24, 2.45) is 0 Å². The van der Waals surface area contributed by atoms with E-state index in [4.69, 9.17) is 14.2 Å². The highest BCUT2D eigenvalue weighted by Gasteiger charge is 2.36. The van der Waals surface area contributed by atoms with E-state index in [0.29, 0.717) is 36.8 Å². The largest absolute Gasteiger partial charge is 0.504 e. The van der Waals surface area contributed by atoms with Gasteiger partial charge < -0.3 is 24.2 Å². The standard InChI is InChI=1S/C19H23NO6/c1-5-26-16-11-13(6-7-15(16)21)10-14-17(19(23)25-4)12(2)20(18(14)22)8-9-24-3/h6-7,10-11,21H,5,8-9H2,1-4H3/b14-10-. The summed E-state index contributed by atoms with van der Waals surface area (Å²) in [5.74, 6) is -0.561. The van der Waals surface area contributed by atoms with E-state index < -0.39 is 5.97 Å². The number of allylic oxidation sites excluding steroid dienone is 1. The van der Waals surface area contributed by atoms with E-state index in [1.54, 1.807) is 39.2 Å². The van der Waals surface area contributed by atoms with Crippen LogP contribution in [0.3, 0.4) is 0 Å². The number of carbonyl (C=O) groups excluding carboxylic acids is 2. The molecule has 1 N–H and O–H groups in total. The molecule has 1 aliphatic rings. The zero-order valence-corrected chi connectivity index (χ0v) is 15.4. The Morgan fingerprint density at radius 2 is 2.04 bits per heavy atom. The SMILES string of the molecule is CCOc1cc(/C=C2\C(=O)N(CCOC)C(C)=C2C(=O)OC)ccc1O. The number of phenolic OH excluding ortho intramolecular Hbond substituents is 1. The van der Waals surface area contributed by atoms with Crippen molar-refractivity contribution < 1.29 is 28.9 Å². The van der Waals surface area contributed by atoms with Crippen molar-refractivity contribution in [2.45, 2.75) is 13.8 Å². The minimum atomic E-state index is -0.578. The summed E-state index contributed by atoms with van der Waals surface area (Å²) >= 11 is 0. The van der Waals surface area contributed by atoms with Gasteiger partial charge in [0.05, 0.1) is 31.5 Å². The van der Waals surface area contributed by atoms with E-state index in [2.05, 4.69) is 0 Å². The van der Waals surface area contributed by atoms with Crippen LogP contribution < -0.4 is 4.74 Å². The van der Waals surface area contributed by atoms with Crippen LogP contribution in [0, 0.1) is 0 Å². The molecular formula is C19H23NO6. The molecule has 0 fully saturated rings. The summed E-state index contributed by atoms with van der Waals surface area (Å²) in [6, 6.07) is 4.73.